The van der Waals surface area contributed by atoms with Crippen LogP contribution in [0.2, 0.25) is 0 Å². The summed E-state index contributed by atoms with van der Waals surface area (Å²) in [5.41, 5.74) is 1.11. The summed E-state index contributed by atoms with van der Waals surface area (Å²) >= 11 is 1.24. The molecule has 152 valence electrons. The zero-order chi connectivity index (χ0) is 20.8. The fourth-order valence-electron chi connectivity index (χ4n) is 3.02. The monoisotopic (exact) mass is 413 g/mol. The fourth-order valence-corrected chi connectivity index (χ4v) is 3.94. The van der Waals surface area contributed by atoms with Gasteiger partial charge in [-0.3, -0.25) is 14.2 Å². The van der Waals surface area contributed by atoms with Crippen LogP contribution in [0.1, 0.15) is 31.9 Å². The SMILES string of the molecule is CC[C@@H](C)n1c(SCC(=O)NCCc2ccccc2F)nc2ccccc2c1=O. The molecule has 0 fully saturated rings. The number of amides is 1. The zero-order valence-corrected chi connectivity index (χ0v) is 17.3. The summed E-state index contributed by atoms with van der Waals surface area (Å²) in [5, 5.41) is 3.91. The van der Waals surface area contributed by atoms with Crippen molar-refractivity contribution >= 4 is 28.6 Å². The van der Waals surface area contributed by atoms with E-state index < -0.39 is 0 Å². The number of hydrogen-bond donors (Lipinski definition) is 1. The molecule has 29 heavy (non-hydrogen) atoms. The van der Waals surface area contributed by atoms with Gasteiger partial charge in [0.25, 0.3) is 5.56 Å². The van der Waals surface area contributed by atoms with E-state index in [1.54, 1.807) is 34.9 Å². The van der Waals surface area contributed by atoms with Gasteiger partial charge < -0.3 is 5.32 Å². The molecule has 0 bridgehead atoms. The smallest absolute Gasteiger partial charge is 0.262 e. The molecule has 0 unspecified atom stereocenters. The van der Waals surface area contributed by atoms with Crippen LogP contribution in [0.15, 0.2) is 58.5 Å². The second-order valence-electron chi connectivity index (χ2n) is 6.82. The van der Waals surface area contributed by atoms with Crippen molar-refractivity contribution in [3.05, 3.63) is 70.3 Å². The summed E-state index contributed by atoms with van der Waals surface area (Å²) in [4.78, 5) is 29.8. The molecule has 1 amide bonds. The van der Waals surface area contributed by atoms with Gasteiger partial charge in [-0.15, -0.1) is 0 Å². The minimum atomic E-state index is -0.269. The lowest BCUT2D eigenvalue weighted by molar-refractivity contribution is -0.118. The van der Waals surface area contributed by atoms with Crippen LogP contribution in [0, 0.1) is 5.82 Å². The molecule has 1 atom stereocenters. The van der Waals surface area contributed by atoms with Gasteiger partial charge in [-0.25, -0.2) is 9.37 Å². The highest BCUT2D eigenvalue weighted by atomic mass is 32.2. The van der Waals surface area contributed by atoms with Crippen molar-refractivity contribution in [2.24, 2.45) is 0 Å². The Labute approximate surface area is 173 Å². The molecule has 0 saturated carbocycles. The van der Waals surface area contributed by atoms with Crippen molar-refractivity contribution in [2.45, 2.75) is 37.9 Å². The molecular formula is C22H24FN3O2S. The molecule has 3 aromatic rings. The van der Waals surface area contributed by atoms with Crippen molar-refractivity contribution in [3.8, 4) is 0 Å². The molecule has 7 heteroatoms. The summed E-state index contributed by atoms with van der Waals surface area (Å²) in [6.45, 7) is 4.33. The number of benzene rings is 2. The molecule has 1 N–H and O–H groups in total. The molecule has 0 spiro atoms. The third kappa shape index (κ3) is 5.03. The number of halogens is 1. The van der Waals surface area contributed by atoms with E-state index in [9.17, 15) is 14.0 Å². The highest BCUT2D eigenvalue weighted by Crippen LogP contribution is 2.22. The number of para-hydroxylation sites is 1. The van der Waals surface area contributed by atoms with E-state index in [4.69, 9.17) is 0 Å². The van der Waals surface area contributed by atoms with Crippen LogP contribution >= 0.6 is 11.8 Å². The van der Waals surface area contributed by atoms with E-state index >= 15 is 0 Å². The summed E-state index contributed by atoms with van der Waals surface area (Å²) in [7, 11) is 0. The Bertz CT molecular complexity index is 1070. The standard InChI is InChI=1S/C22H24FN3O2S/c1-3-15(2)26-21(28)17-9-5-7-11-19(17)25-22(26)29-14-20(27)24-13-12-16-8-4-6-10-18(16)23/h4-11,15H,3,12-14H2,1-2H3,(H,24,27)/t15-/m1/s1. The Morgan fingerprint density at radius 2 is 1.93 bits per heavy atom. The molecule has 0 aliphatic carbocycles. The first-order chi connectivity index (χ1) is 14.0. The lowest BCUT2D eigenvalue weighted by atomic mass is 10.1. The van der Waals surface area contributed by atoms with Gasteiger partial charge in [0.15, 0.2) is 5.16 Å². The van der Waals surface area contributed by atoms with Crippen LogP contribution in [0.4, 0.5) is 4.39 Å². The van der Waals surface area contributed by atoms with E-state index in [2.05, 4.69) is 10.3 Å². The number of aromatic nitrogens is 2. The predicted molar refractivity (Wildman–Crippen MR) is 115 cm³/mol. The molecule has 0 aliphatic rings. The molecular weight excluding hydrogens is 389 g/mol. The van der Waals surface area contributed by atoms with Crippen molar-refractivity contribution in [1.82, 2.24) is 14.9 Å². The van der Waals surface area contributed by atoms with Crippen molar-refractivity contribution in [2.75, 3.05) is 12.3 Å². The molecule has 0 aliphatic heterocycles. The van der Waals surface area contributed by atoms with Gasteiger partial charge in [-0.2, -0.15) is 0 Å². The largest absolute Gasteiger partial charge is 0.355 e. The maximum atomic E-state index is 13.6. The molecule has 0 saturated heterocycles. The van der Waals surface area contributed by atoms with Crippen LogP contribution in [-0.4, -0.2) is 27.8 Å². The highest BCUT2D eigenvalue weighted by molar-refractivity contribution is 7.99. The van der Waals surface area contributed by atoms with Gasteiger partial charge >= 0.3 is 0 Å². The molecule has 5 nitrogen and oxygen atoms in total. The topological polar surface area (TPSA) is 64.0 Å². The predicted octanol–water partition coefficient (Wildman–Crippen LogP) is 3.96. The third-order valence-corrected chi connectivity index (χ3v) is 5.77. The lowest BCUT2D eigenvalue weighted by Crippen LogP contribution is -2.29. The first kappa shape index (κ1) is 21.0. The second kappa shape index (κ2) is 9.69. The molecule has 0 radical (unpaired) electrons. The Morgan fingerprint density at radius 3 is 2.69 bits per heavy atom. The minimum absolute atomic E-state index is 0.0220. The number of thioether (sulfide) groups is 1. The first-order valence-electron chi connectivity index (χ1n) is 9.65. The number of nitrogens with one attached hydrogen (secondary N) is 1. The number of hydrogen-bond acceptors (Lipinski definition) is 4. The Morgan fingerprint density at radius 1 is 1.21 bits per heavy atom. The molecule has 2 aromatic carbocycles. The maximum absolute atomic E-state index is 13.6. The Kier molecular flexibility index (Phi) is 7.04. The van der Waals surface area contributed by atoms with Crippen molar-refractivity contribution < 1.29 is 9.18 Å². The summed E-state index contributed by atoms with van der Waals surface area (Å²) < 4.78 is 15.3. The number of rotatable bonds is 8. The second-order valence-corrected chi connectivity index (χ2v) is 7.77. The van der Waals surface area contributed by atoms with E-state index in [-0.39, 0.29) is 29.1 Å². The van der Waals surface area contributed by atoms with E-state index in [1.807, 2.05) is 26.0 Å². The lowest BCUT2D eigenvalue weighted by Gasteiger charge is -2.18. The normalized spacial score (nSPS) is 12.1. The Hall–Kier alpha value is -2.67. The zero-order valence-electron chi connectivity index (χ0n) is 16.5. The van der Waals surface area contributed by atoms with Crippen LogP contribution in [0.25, 0.3) is 10.9 Å². The number of nitrogens with zero attached hydrogens (tertiary/aromatic N) is 2. The van der Waals surface area contributed by atoms with Gasteiger partial charge in [0.1, 0.15) is 5.82 Å². The van der Waals surface area contributed by atoms with Crippen LogP contribution in [0.5, 0.6) is 0 Å². The third-order valence-electron chi connectivity index (χ3n) is 4.81. The Balaban J connectivity index is 1.68. The van der Waals surface area contributed by atoms with E-state index in [0.717, 1.165) is 6.42 Å². The van der Waals surface area contributed by atoms with Crippen molar-refractivity contribution in [1.29, 1.82) is 0 Å². The van der Waals surface area contributed by atoms with Crippen molar-refractivity contribution in [3.63, 3.8) is 0 Å². The van der Waals surface area contributed by atoms with Crippen LogP contribution < -0.4 is 10.9 Å². The van der Waals surface area contributed by atoms with E-state index in [1.165, 1.54) is 17.8 Å². The summed E-state index contributed by atoms with van der Waals surface area (Å²) in [6, 6.07) is 13.7. The summed E-state index contributed by atoms with van der Waals surface area (Å²) in [6.07, 6.45) is 1.21. The van der Waals surface area contributed by atoms with Gasteiger partial charge in [-0.1, -0.05) is 49.0 Å². The maximum Gasteiger partial charge on any atom is 0.262 e. The van der Waals surface area contributed by atoms with Crippen LogP contribution in [0.3, 0.4) is 0 Å². The minimum Gasteiger partial charge on any atom is -0.355 e. The van der Waals surface area contributed by atoms with Crippen LogP contribution in [-0.2, 0) is 11.2 Å². The van der Waals surface area contributed by atoms with Gasteiger partial charge in [-0.05, 0) is 43.5 Å². The number of carbonyl (C=O) groups is 1. The first-order valence-corrected chi connectivity index (χ1v) is 10.6. The molecule has 1 aromatic heterocycles. The van der Waals surface area contributed by atoms with Gasteiger partial charge in [0, 0.05) is 12.6 Å². The summed E-state index contributed by atoms with van der Waals surface area (Å²) in [5.74, 6) is -0.308. The van der Waals surface area contributed by atoms with E-state index in [0.29, 0.717) is 34.6 Å². The average molecular weight is 414 g/mol. The molecule has 1 heterocycles. The number of fused-ring (bicyclic) bond motifs is 1. The quantitative estimate of drug-likeness (QED) is 0.449. The van der Waals surface area contributed by atoms with Gasteiger partial charge in [0.2, 0.25) is 5.91 Å². The average Bonchev–Trinajstić information content (AvgIpc) is 2.73. The van der Waals surface area contributed by atoms with Gasteiger partial charge in [0.05, 0.1) is 16.7 Å². The molecule has 3 rings (SSSR count). The highest BCUT2D eigenvalue weighted by Gasteiger charge is 2.16. The fraction of sp³-hybridized carbons (Fsp3) is 0.318. The number of carbonyl (C=O) groups excluding carboxylic acids is 1.